The van der Waals surface area contributed by atoms with Crippen molar-refractivity contribution >= 4 is 23.2 Å². The second-order valence-electron chi connectivity index (χ2n) is 3.92. The molecule has 0 saturated carbocycles. The van der Waals surface area contributed by atoms with E-state index in [1.54, 1.807) is 12.3 Å². The van der Waals surface area contributed by atoms with Gasteiger partial charge in [0.05, 0.1) is 16.8 Å². The fraction of sp³-hybridized carbons (Fsp3) is 0.154. The van der Waals surface area contributed by atoms with E-state index in [1.807, 2.05) is 30.3 Å². The van der Waals surface area contributed by atoms with Crippen LogP contribution in [0.4, 0.5) is 0 Å². The third-order valence-electron chi connectivity index (χ3n) is 2.69. The van der Waals surface area contributed by atoms with Crippen molar-refractivity contribution in [2.24, 2.45) is 5.84 Å². The smallest absolute Gasteiger partial charge is 0.0672 e. The van der Waals surface area contributed by atoms with Crippen LogP contribution in [0.5, 0.6) is 0 Å². The first kappa shape index (κ1) is 13.3. The van der Waals surface area contributed by atoms with E-state index in [2.05, 4.69) is 10.4 Å². The highest BCUT2D eigenvalue weighted by molar-refractivity contribution is 6.31. The van der Waals surface area contributed by atoms with E-state index >= 15 is 0 Å². The first-order valence-electron chi connectivity index (χ1n) is 5.51. The molecule has 3 nitrogen and oxygen atoms in total. The van der Waals surface area contributed by atoms with Crippen molar-refractivity contribution in [3.05, 3.63) is 63.9 Å². The summed E-state index contributed by atoms with van der Waals surface area (Å²) in [6, 6.07) is 11.2. The Bertz CT molecular complexity index is 514. The van der Waals surface area contributed by atoms with Gasteiger partial charge in [-0.15, -0.1) is 0 Å². The number of pyridine rings is 1. The van der Waals surface area contributed by atoms with Crippen LogP contribution in [0.15, 0.2) is 42.6 Å². The summed E-state index contributed by atoms with van der Waals surface area (Å²) in [5.74, 6) is 5.57. The van der Waals surface area contributed by atoms with Crippen molar-refractivity contribution in [1.82, 2.24) is 10.4 Å². The summed E-state index contributed by atoms with van der Waals surface area (Å²) in [5.41, 5.74) is 4.61. The standard InChI is InChI=1S/C13H13Cl2N3/c14-10-5-6-12(17-8-10)13(18-16)7-9-3-1-2-4-11(9)15/h1-6,8,13,18H,7,16H2. The molecule has 0 aliphatic carbocycles. The number of rotatable bonds is 4. The van der Waals surface area contributed by atoms with Gasteiger partial charge in [-0.05, 0) is 30.2 Å². The monoisotopic (exact) mass is 281 g/mol. The fourth-order valence-corrected chi connectivity index (χ4v) is 2.05. The Kier molecular flexibility index (Phi) is 4.55. The zero-order valence-electron chi connectivity index (χ0n) is 9.61. The van der Waals surface area contributed by atoms with Crippen LogP contribution in [0, 0.1) is 0 Å². The second-order valence-corrected chi connectivity index (χ2v) is 4.76. The fourth-order valence-electron chi connectivity index (χ4n) is 1.73. The van der Waals surface area contributed by atoms with Crippen molar-refractivity contribution in [2.45, 2.75) is 12.5 Å². The molecule has 1 atom stereocenters. The minimum absolute atomic E-state index is 0.0952. The quantitative estimate of drug-likeness (QED) is 0.669. The number of halogens is 2. The molecule has 0 radical (unpaired) electrons. The van der Waals surface area contributed by atoms with E-state index in [0.29, 0.717) is 11.4 Å². The second kappa shape index (κ2) is 6.16. The molecule has 0 bridgehead atoms. The number of aromatic nitrogens is 1. The number of hydrazine groups is 1. The van der Waals surface area contributed by atoms with Gasteiger partial charge in [0.25, 0.3) is 0 Å². The summed E-state index contributed by atoms with van der Waals surface area (Å²) in [7, 11) is 0. The molecule has 0 fully saturated rings. The molecule has 2 aromatic rings. The molecule has 18 heavy (non-hydrogen) atoms. The van der Waals surface area contributed by atoms with Crippen LogP contribution in [-0.4, -0.2) is 4.98 Å². The molecule has 94 valence electrons. The van der Waals surface area contributed by atoms with Gasteiger partial charge < -0.3 is 0 Å². The Labute approximate surface area is 116 Å². The van der Waals surface area contributed by atoms with Crippen LogP contribution in [-0.2, 0) is 6.42 Å². The largest absolute Gasteiger partial charge is 0.271 e. The van der Waals surface area contributed by atoms with Gasteiger partial charge in [0.15, 0.2) is 0 Å². The van der Waals surface area contributed by atoms with Gasteiger partial charge in [0, 0.05) is 11.2 Å². The van der Waals surface area contributed by atoms with Crippen molar-refractivity contribution in [1.29, 1.82) is 0 Å². The van der Waals surface area contributed by atoms with Crippen LogP contribution in [0.25, 0.3) is 0 Å². The molecule has 0 amide bonds. The van der Waals surface area contributed by atoms with Crippen LogP contribution < -0.4 is 11.3 Å². The minimum atomic E-state index is -0.0952. The molecular formula is C13H13Cl2N3. The molecule has 2 rings (SSSR count). The molecular weight excluding hydrogens is 269 g/mol. The molecule has 0 spiro atoms. The van der Waals surface area contributed by atoms with Gasteiger partial charge in [0.1, 0.15) is 0 Å². The summed E-state index contributed by atoms with van der Waals surface area (Å²) in [4.78, 5) is 4.26. The van der Waals surface area contributed by atoms with Gasteiger partial charge in [-0.1, -0.05) is 41.4 Å². The predicted octanol–water partition coefficient (Wildman–Crippen LogP) is 3.14. The molecule has 1 heterocycles. The third-order valence-corrected chi connectivity index (χ3v) is 3.28. The Balaban J connectivity index is 2.20. The third kappa shape index (κ3) is 3.21. The number of nitrogens with zero attached hydrogens (tertiary/aromatic N) is 1. The van der Waals surface area contributed by atoms with Crippen molar-refractivity contribution < 1.29 is 0 Å². The summed E-state index contributed by atoms with van der Waals surface area (Å²) < 4.78 is 0. The van der Waals surface area contributed by atoms with E-state index in [1.165, 1.54) is 0 Å². The van der Waals surface area contributed by atoms with Crippen molar-refractivity contribution in [3.63, 3.8) is 0 Å². The lowest BCUT2D eigenvalue weighted by Crippen LogP contribution is -2.30. The maximum atomic E-state index is 6.13. The molecule has 5 heteroatoms. The van der Waals surface area contributed by atoms with Crippen molar-refractivity contribution in [3.8, 4) is 0 Å². The van der Waals surface area contributed by atoms with Gasteiger partial charge in [-0.3, -0.25) is 16.3 Å². The van der Waals surface area contributed by atoms with E-state index in [-0.39, 0.29) is 6.04 Å². The lowest BCUT2D eigenvalue weighted by molar-refractivity contribution is 0.538. The molecule has 1 unspecified atom stereocenters. The van der Waals surface area contributed by atoms with Gasteiger partial charge in [-0.25, -0.2) is 0 Å². The number of hydrogen-bond donors (Lipinski definition) is 2. The highest BCUT2D eigenvalue weighted by Gasteiger charge is 2.13. The first-order valence-corrected chi connectivity index (χ1v) is 6.27. The number of hydrogen-bond acceptors (Lipinski definition) is 3. The normalized spacial score (nSPS) is 12.4. The predicted molar refractivity (Wildman–Crippen MR) is 74.5 cm³/mol. The minimum Gasteiger partial charge on any atom is -0.271 e. The average Bonchev–Trinajstić information content (AvgIpc) is 2.39. The molecule has 1 aromatic carbocycles. The summed E-state index contributed by atoms with van der Waals surface area (Å²) in [5, 5.41) is 1.33. The van der Waals surface area contributed by atoms with E-state index < -0.39 is 0 Å². The number of benzene rings is 1. The van der Waals surface area contributed by atoms with Gasteiger partial charge in [0.2, 0.25) is 0 Å². The topological polar surface area (TPSA) is 50.9 Å². The lowest BCUT2D eigenvalue weighted by Gasteiger charge is -2.16. The lowest BCUT2D eigenvalue weighted by atomic mass is 10.0. The Morgan fingerprint density at radius 3 is 2.56 bits per heavy atom. The zero-order valence-corrected chi connectivity index (χ0v) is 11.1. The Morgan fingerprint density at radius 1 is 1.17 bits per heavy atom. The summed E-state index contributed by atoms with van der Waals surface area (Å²) >= 11 is 11.9. The number of nitrogens with two attached hydrogens (primary N) is 1. The Morgan fingerprint density at radius 2 is 1.94 bits per heavy atom. The summed E-state index contributed by atoms with van der Waals surface area (Å²) in [6.45, 7) is 0. The Hall–Kier alpha value is -1.13. The van der Waals surface area contributed by atoms with E-state index in [9.17, 15) is 0 Å². The van der Waals surface area contributed by atoms with E-state index in [4.69, 9.17) is 29.0 Å². The maximum absolute atomic E-state index is 6.13. The zero-order chi connectivity index (χ0) is 13.0. The van der Waals surface area contributed by atoms with Crippen molar-refractivity contribution in [2.75, 3.05) is 0 Å². The number of nitrogens with one attached hydrogen (secondary N) is 1. The van der Waals surface area contributed by atoms with E-state index in [0.717, 1.165) is 16.3 Å². The van der Waals surface area contributed by atoms with Gasteiger partial charge >= 0.3 is 0 Å². The molecule has 0 aliphatic rings. The SMILES string of the molecule is NNC(Cc1ccccc1Cl)c1ccc(Cl)cn1. The molecule has 3 N–H and O–H groups in total. The molecule has 1 aromatic heterocycles. The highest BCUT2D eigenvalue weighted by atomic mass is 35.5. The molecule has 0 aliphatic heterocycles. The molecule has 0 saturated heterocycles. The first-order chi connectivity index (χ1) is 8.70. The van der Waals surface area contributed by atoms with Crippen LogP contribution in [0.3, 0.4) is 0 Å². The van der Waals surface area contributed by atoms with Crippen LogP contribution >= 0.6 is 23.2 Å². The maximum Gasteiger partial charge on any atom is 0.0672 e. The average molecular weight is 282 g/mol. The van der Waals surface area contributed by atoms with Crippen LogP contribution in [0.2, 0.25) is 10.0 Å². The summed E-state index contributed by atoms with van der Waals surface area (Å²) in [6.07, 6.45) is 2.28. The van der Waals surface area contributed by atoms with Gasteiger partial charge in [-0.2, -0.15) is 0 Å². The highest BCUT2D eigenvalue weighted by Crippen LogP contribution is 2.22. The van der Waals surface area contributed by atoms with Crippen LogP contribution in [0.1, 0.15) is 17.3 Å².